The maximum Gasteiger partial charge on any atom is 0.255 e. The minimum Gasteiger partial charge on any atom is -0.493 e. The molecule has 9 heteroatoms. The van der Waals surface area contributed by atoms with E-state index in [0.717, 1.165) is 6.07 Å². The first-order chi connectivity index (χ1) is 12.3. The van der Waals surface area contributed by atoms with Gasteiger partial charge >= 0.3 is 0 Å². The summed E-state index contributed by atoms with van der Waals surface area (Å²) in [5.41, 5.74) is 4.24. The van der Waals surface area contributed by atoms with E-state index in [4.69, 9.17) is 15.2 Å². The van der Waals surface area contributed by atoms with Crippen LogP contribution in [-0.4, -0.2) is 25.5 Å². The predicted molar refractivity (Wildman–Crippen MR) is 94.7 cm³/mol. The lowest BCUT2D eigenvalue weighted by atomic mass is 10.1. The molecule has 0 aliphatic carbocycles. The van der Waals surface area contributed by atoms with Gasteiger partial charge in [0.25, 0.3) is 11.8 Å². The molecule has 0 heterocycles. The molecule has 138 valence electrons. The zero-order chi connectivity index (χ0) is 19.4. The van der Waals surface area contributed by atoms with E-state index in [1.165, 1.54) is 19.2 Å². The number of methoxy groups -OCH3 is 1. The SMILES string of the molecule is CCOc1c(Br)cc(C(=O)Nc2cc(C(N)=O)c(F)cc2F)cc1OC. The number of benzene rings is 2. The number of ether oxygens (including phenoxy) is 2. The molecule has 6 nitrogen and oxygen atoms in total. The summed E-state index contributed by atoms with van der Waals surface area (Å²) < 4.78 is 38.5. The standard InChI is InChI=1S/C17H15BrF2N2O4/c1-3-26-15-10(18)4-8(5-14(15)25-2)17(24)22-13-6-9(16(21)23)11(19)7-12(13)20/h4-7H,3H2,1-2H3,(H2,21,23)(H,22,24). The Kier molecular flexibility index (Phi) is 6.14. The number of rotatable bonds is 6. The van der Waals surface area contributed by atoms with Crippen LogP contribution in [0.3, 0.4) is 0 Å². The van der Waals surface area contributed by atoms with Gasteiger partial charge in [-0.1, -0.05) is 0 Å². The first-order valence-corrected chi connectivity index (χ1v) is 8.18. The third-order valence-electron chi connectivity index (χ3n) is 3.35. The maximum absolute atomic E-state index is 13.9. The van der Waals surface area contributed by atoms with E-state index < -0.39 is 29.0 Å². The van der Waals surface area contributed by atoms with E-state index in [2.05, 4.69) is 21.2 Å². The van der Waals surface area contributed by atoms with Crippen LogP contribution >= 0.6 is 15.9 Å². The van der Waals surface area contributed by atoms with E-state index in [1.54, 1.807) is 6.92 Å². The highest BCUT2D eigenvalue weighted by atomic mass is 79.9. The zero-order valence-electron chi connectivity index (χ0n) is 13.9. The fraction of sp³-hybridized carbons (Fsp3) is 0.176. The number of hydrogen-bond donors (Lipinski definition) is 2. The van der Waals surface area contributed by atoms with E-state index in [9.17, 15) is 18.4 Å². The van der Waals surface area contributed by atoms with Crippen LogP contribution in [0.2, 0.25) is 0 Å². The molecular weight excluding hydrogens is 414 g/mol. The van der Waals surface area contributed by atoms with E-state index in [1.807, 2.05) is 0 Å². The lowest BCUT2D eigenvalue weighted by Crippen LogP contribution is -2.17. The molecule has 0 aromatic heterocycles. The van der Waals surface area contributed by atoms with Crippen molar-refractivity contribution in [2.75, 3.05) is 19.0 Å². The van der Waals surface area contributed by atoms with Gasteiger partial charge in [-0.2, -0.15) is 0 Å². The zero-order valence-corrected chi connectivity index (χ0v) is 15.4. The number of anilines is 1. The quantitative estimate of drug-likeness (QED) is 0.736. The van der Waals surface area contributed by atoms with Crippen molar-refractivity contribution in [1.29, 1.82) is 0 Å². The Morgan fingerprint density at radius 2 is 1.88 bits per heavy atom. The number of carbonyl (C=O) groups is 2. The topological polar surface area (TPSA) is 90.6 Å². The molecule has 0 saturated carbocycles. The monoisotopic (exact) mass is 428 g/mol. The summed E-state index contributed by atoms with van der Waals surface area (Å²) in [7, 11) is 1.41. The molecule has 2 aromatic carbocycles. The van der Waals surface area contributed by atoms with Crippen molar-refractivity contribution in [2.24, 2.45) is 5.73 Å². The molecule has 0 aliphatic heterocycles. The van der Waals surface area contributed by atoms with Gasteiger partial charge in [-0.3, -0.25) is 9.59 Å². The van der Waals surface area contributed by atoms with E-state index >= 15 is 0 Å². The lowest BCUT2D eigenvalue weighted by Gasteiger charge is -2.14. The van der Waals surface area contributed by atoms with Gasteiger partial charge in [0.05, 0.1) is 29.4 Å². The minimum atomic E-state index is -1.11. The van der Waals surface area contributed by atoms with Gasteiger partial charge < -0.3 is 20.5 Å². The van der Waals surface area contributed by atoms with Crippen LogP contribution in [0.5, 0.6) is 11.5 Å². The summed E-state index contributed by atoms with van der Waals surface area (Å²) in [4.78, 5) is 23.6. The summed E-state index contributed by atoms with van der Waals surface area (Å²) in [5.74, 6) is -3.23. The fourth-order valence-electron chi connectivity index (χ4n) is 2.16. The van der Waals surface area contributed by atoms with Gasteiger partial charge in [-0.15, -0.1) is 0 Å². The Bertz CT molecular complexity index is 874. The van der Waals surface area contributed by atoms with Crippen molar-refractivity contribution < 1.29 is 27.8 Å². The molecule has 0 radical (unpaired) electrons. The maximum atomic E-state index is 13.9. The van der Waals surface area contributed by atoms with Crippen LogP contribution < -0.4 is 20.5 Å². The number of carbonyl (C=O) groups excluding carboxylic acids is 2. The Morgan fingerprint density at radius 3 is 2.46 bits per heavy atom. The number of amides is 2. The molecule has 0 atom stereocenters. The molecule has 0 unspecified atom stereocenters. The summed E-state index contributed by atoms with van der Waals surface area (Å²) in [6.07, 6.45) is 0. The highest BCUT2D eigenvalue weighted by Crippen LogP contribution is 2.37. The molecule has 0 saturated heterocycles. The molecule has 0 fully saturated rings. The summed E-state index contributed by atoms with van der Waals surface area (Å²) in [6, 6.07) is 4.18. The third kappa shape index (κ3) is 4.10. The van der Waals surface area contributed by atoms with Crippen molar-refractivity contribution in [3.8, 4) is 11.5 Å². The highest BCUT2D eigenvalue weighted by molar-refractivity contribution is 9.10. The van der Waals surface area contributed by atoms with Crippen LogP contribution in [-0.2, 0) is 0 Å². The molecule has 0 bridgehead atoms. The first kappa shape index (κ1) is 19.6. The van der Waals surface area contributed by atoms with Crippen LogP contribution in [0.1, 0.15) is 27.6 Å². The number of primary amides is 1. The summed E-state index contributed by atoms with van der Waals surface area (Å²) in [5, 5.41) is 2.27. The smallest absolute Gasteiger partial charge is 0.255 e. The minimum absolute atomic E-state index is 0.126. The van der Waals surface area contributed by atoms with Crippen molar-refractivity contribution in [2.45, 2.75) is 6.92 Å². The molecule has 2 amide bonds. The molecule has 3 N–H and O–H groups in total. The Balaban J connectivity index is 2.38. The summed E-state index contributed by atoms with van der Waals surface area (Å²) >= 11 is 3.28. The number of hydrogen-bond acceptors (Lipinski definition) is 4. The highest BCUT2D eigenvalue weighted by Gasteiger charge is 2.19. The fourth-order valence-corrected chi connectivity index (χ4v) is 2.72. The number of nitrogens with one attached hydrogen (secondary N) is 1. The van der Waals surface area contributed by atoms with Gasteiger partial charge in [-0.25, -0.2) is 8.78 Å². The molecular formula is C17H15BrF2N2O4. The first-order valence-electron chi connectivity index (χ1n) is 7.39. The second-order valence-electron chi connectivity index (χ2n) is 5.05. The Hall–Kier alpha value is -2.68. The molecule has 2 aromatic rings. The second kappa shape index (κ2) is 8.13. The lowest BCUT2D eigenvalue weighted by molar-refractivity contribution is 0.0992. The van der Waals surface area contributed by atoms with Gasteiger partial charge in [0.15, 0.2) is 11.5 Å². The van der Waals surface area contributed by atoms with Gasteiger partial charge in [-0.05, 0) is 41.1 Å². The molecule has 0 aliphatic rings. The van der Waals surface area contributed by atoms with Crippen LogP contribution in [0, 0.1) is 11.6 Å². The second-order valence-corrected chi connectivity index (χ2v) is 5.91. The van der Waals surface area contributed by atoms with Crippen LogP contribution in [0.15, 0.2) is 28.7 Å². The molecule has 2 rings (SSSR count). The van der Waals surface area contributed by atoms with E-state index in [0.29, 0.717) is 28.6 Å². The average Bonchev–Trinajstić information content (AvgIpc) is 2.58. The van der Waals surface area contributed by atoms with Crippen molar-refractivity contribution in [1.82, 2.24) is 0 Å². The number of halogens is 3. The number of nitrogens with two attached hydrogens (primary N) is 1. The third-order valence-corrected chi connectivity index (χ3v) is 3.94. The Labute approximate surface area is 156 Å². The van der Waals surface area contributed by atoms with Crippen molar-refractivity contribution in [3.63, 3.8) is 0 Å². The van der Waals surface area contributed by atoms with E-state index in [-0.39, 0.29) is 11.3 Å². The van der Waals surface area contributed by atoms with Gasteiger partial charge in [0.1, 0.15) is 11.6 Å². The Morgan fingerprint density at radius 1 is 1.19 bits per heavy atom. The molecule has 26 heavy (non-hydrogen) atoms. The van der Waals surface area contributed by atoms with Crippen molar-refractivity contribution in [3.05, 3.63) is 51.5 Å². The van der Waals surface area contributed by atoms with Crippen LogP contribution in [0.4, 0.5) is 14.5 Å². The average molecular weight is 429 g/mol. The van der Waals surface area contributed by atoms with Gasteiger partial charge in [0.2, 0.25) is 0 Å². The predicted octanol–water partition coefficient (Wildman–Crippen LogP) is 3.49. The largest absolute Gasteiger partial charge is 0.493 e. The van der Waals surface area contributed by atoms with Crippen LogP contribution in [0.25, 0.3) is 0 Å². The summed E-state index contributed by atoms with van der Waals surface area (Å²) in [6.45, 7) is 2.18. The normalized spacial score (nSPS) is 10.3. The van der Waals surface area contributed by atoms with Crippen molar-refractivity contribution >= 4 is 33.4 Å². The molecule has 0 spiro atoms. The van der Waals surface area contributed by atoms with Gasteiger partial charge in [0, 0.05) is 11.6 Å².